The van der Waals surface area contributed by atoms with Gasteiger partial charge in [-0.2, -0.15) is 0 Å². The van der Waals surface area contributed by atoms with Gasteiger partial charge >= 0.3 is 5.97 Å². The van der Waals surface area contributed by atoms with Crippen LogP contribution < -0.4 is 5.32 Å². The van der Waals surface area contributed by atoms with Gasteiger partial charge in [-0.05, 0) is 49.2 Å². The second kappa shape index (κ2) is 8.05. The van der Waals surface area contributed by atoms with E-state index >= 15 is 0 Å². The number of anilines is 1. The number of aromatic nitrogens is 1. The summed E-state index contributed by atoms with van der Waals surface area (Å²) < 4.78 is 10.5. The molecule has 1 heterocycles. The Morgan fingerprint density at radius 1 is 1.15 bits per heavy atom. The average Bonchev–Trinajstić information content (AvgIpc) is 3.00. The van der Waals surface area contributed by atoms with Gasteiger partial charge in [-0.15, -0.1) is 0 Å². The number of nitrogens with one attached hydrogen (secondary N) is 1. The monoisotopic (exact) mass is 370 g/mol. The summed E-state index contributed by atoms with van der Waals surface area (Å²) >= 11 is 1.13. The van der Waals surface area contributed by atoms with Crippen LogP contribution in [-0.4, -0.2) is 29.2 Å². The van der Waals surface area contributed by atoms with Crippen LogP contribution in [0.4, 0.5) is 5.69 Å². The summed E-state index contributed by atoms with van der Waals surface area (Å²) in [6, 6.07) is 13.1. The van der Waals surface area contributed by atoms with Crippen LogP contribution in [-0.2, 0) is 14.3 Å². The number of benzene rings is 2. The van der Waals surface area contributed by atoms with Crippen molar-refractivity contribution in [1.82, 2.24) is 4.98 Å². The Morgan fingerprint density at radius 2 is 1.88 bits per heavy atom. The number of hydrogen-bond donors (Lipinski definition) is 1. The predicted molar refractivity (Wildman–Crippen MR) is 100 cm³/mol. The van der Waals surface area contributed by atoms with Gasteiger partial charge in [-0.25, -0.2) is 4.98 Å². The first-order valence-corrected chi connectivity index (χ1v) is 9.00. The van der Waals surface area contributed by atoms with E-state index < -0.39 is 5.97 Å². The first-order chi connectivity index (χ1) is 12.5. The highest BCUT2D eigenvalue weighted by molar-refractivity contribution is 7.99. The number of thioether (sulfide) groups is 1. The fourth-order valence-corrected chi connectivity index (χ4v) is 3.10. The number of hydrogen-bond acceptors (Lipinski definition) is 6. The molecule has 0 bridgehead atoms. The molecule has 0 saturated carbocycles. The van der Waals surface area contributed by atoms with Crippen molar-refractivity contribution in [3.8, 4) is 0 Å². The van der Waals surface area contributed by atoms with Crippen molar-refractivity contribution in [3.63, 3.8) is 0 Å². The lowest BCUT2D eigenvalue weighted by Gasteiger charge is -2.08. The molecule has 0 radical (unpaired) electrons. The van der Waals surface area contributed by atoms with Crippen molar-refractivity contribution in [1.29, 1.82) is 0 Å². The van der Waals surface area contributed by atoms with Gasteiger partial charge in [0, 0.05) is 5.69 Å². The number of nitrogens with zero attached hydrogens (tertiary/aromatic N) is 1. The lowest BCUT2D eigenvalue weighted by molar-refractivity contribution is -0.144. The van der Waals surface area contributed by atoms with Crippen molar-refractivity contribution in [2.45, 2.75) is 19.1 Å². The topological polar surface area (TPSA) is 81.4 Å². The number of fused-ring (bicyclic) bond motifs is 1. The normalized spacial score (nSPS) is 10.7. The summed E-state index contributed by atoms with van der Waals surface area (Å²) in [4.78, 5) is 28.0. The molecular weight excluding hydrogens is 352 g/mol. The lowest BCUT2D eigenvalue weighted by Crippen LogP contribution is -2.21. The molecule has 1 amide bonds. The smallest absolute Gasteiger partial charge is 0.316 e. The molecule has 1 N–H and O–H groups in total. The maximum atomic E-state index is 11.9. The lowest BCUT2D eigenvalue weighted by atomic mass is 10.1. The van der Waals surface area contributed by atoms with Gasteiger partial charge in [0.2, 0.25) is 0 Å². The van der Waals surface area contributed by atoms with Crippen molar-refractivity contribution in [2.24, 2.45) is 0 Å². The third-order valence-corrected chi connectivity index (χ3v) is 4.26. The second-order valence-electron chi connectivity index (χ2n) is 5.82. The number of rotatable bonds is 6. The first-order valence-electron chi connectivity index (χ1n) is 8.02. The number of esters is 1. The van der Waals surface area contributed by atoms with Gasteiger partial charge in [-0.1, -0.05) is 30.0 Å². The van der Waals surface area contributed by atoms with E-state index in [0.29, 0.717) is 16.5 Å². The van der Waals surface area contributed by atoms with E-state index in [1.54, 1.807) is 0 Å². The van der Waals surface area contributed by atoms with Gasteiger partial charge in [0.15, 0.2) is 12.2 Å². The van der Waals surface area contributed by atoms with E-state index in [0.717, 1.165) is 28.4 Å². The van der Waals surface area contributed by atoms with Crippen LogP contribution in [0, 0.1) is 13.8 Å². The van der Waals surface area contributed by atoms with E-state index in [2.05, 4.69) is 10.3 Å². The average molecular weight is 370 g/mol. The SMILES string of the molecule is Cc1cc(C)cc(NC(=O)COC(=O)CSc2nc3ccccc3o2)c1. The summed E-state index contributed by atoms with van der Waals surface area (Å²) in [6.07, 6.45) is 0. The summed E-state index contributed by atoms with van der Waals surface area (Å²) in [5, 5.41) is 3.11. The van der Waals surface area contributed by atoms with Crippen LogP contribution in [0.15, 0.2) is 52.1 Å². The fourth-order valence-electron chi connectivity index (χ4n) is 2.47. The predicted octanol–water partition coefficient (Wildman–Crippen LogP) is 3.72. The molecule has 2 aromatic carbocycles. The Balaban J connectivity index is 1.45. The van der Waals surface area contributed by atoms with Gasteiger partial charge in [-0.3, -0.25) is 9.59 Å². The number of carbonyl (C=O) groups excluding carboxylic acids is 2. The summed E-state index contributed by atoms with van der Waals surface area (Å²) in [7, 11) is 0. The number of oxazole rings is 1. The molecule has 134 valence electrons. The highest BCUT2D eigenvalue weighted by Gasteiger charge is 2.12. The van der Waals surface area contributed by atoms with E-state index in [9.17, 15) is 9.59 Å². The van der Waals surface area contributed by atoms with Crippen LogP contribution in [0.5, 0.6) is 0 Å². The second-order valence-corrected chi connectivity index (χ2v) is 6.75. The van der Waals surface area contributed by atoms with Crippen LogP contribution in [0.3, 0.4) is 0 Å². The minimum absolute atomic E-state index is 0.0175. The number of para-hydroxylation sites is 2. The quantitative estimate of drug-likeness (QED) is 0.526. The number of ether oxygens (including phenoxy) is 1. The molecule has 6 nitrogen and oxygen atoms in total. The largest absolute Gasteiger partial charge is 0.455 e. The minimum Gasteiger partial charge on any atom is -0.455 e. The number of carbonyl (C=O) groups is 2. The van der Waals surface area contributed by atoms with Crippen LogP contribution in [0.1, 0.15) is 11.1 Å². The third-order valence-electron chi connectivity index (χ3n) is 3.46. The molecule has 26 heavy (non-hydrogen) atoms. The molecule has 0 atom stereocenters. The Kier molecular flexibility index (Phi) is 5.58. The molecule has 0 spiro atoms. The molecular formula is C19H18N2O4S. The van der Waals surface area contributed by atoms with Crippen molar-refractivity contribution >= 4 is 40.4 Å². The molecule has 3 rings (SSSR count). The van der Waals surface area contributed by atoms with Gasteiger partial charge in [0.25, 0.3) is 11.1 Å². The van der Waals surface area contributed by atoms with Crippen LogP contribution in [0.2, 0.25) is 0 Å². The van der Waals surface area contributed by atoms with Crippen LogP contribution in [0.25, 0.3) is 11.1 Å². The zero-order valence-corrected chi connectivity index (χ0v) is 15.3. The van der Waals surface area contributed by atoms with E-state index in [1.807, 2.05) is 56.3 Å². The highest BCUT2D eigenvalue weighted by atomic mass is 32.2. The van der Waals surface area contributed by atoms with E-state index in [1.165, 1.54) is 0 Å². The zero-order valence-electron chi connectivity index (χ0n) is 14.4. The summed E-state index contributed by atoms with van der Waals surface area (Å²) in [6.45, 7) is 3.57. The molecule has 0 saturated heterocycles. The van der Waals surface area contributed by atoms with E-state index in [-0.39, 0.29) is 18.3 Å². The molecule has 0 aliphatic carbocycles. The number of aryl methyl sites for hydroxylation is 2. The molecule has 3 aromatic rings. The Labute approximate surface area is 154 Å². The van der Waals surface area contributed by atoms with Crippen molar-refractivity contribution < 1.29 is 18.7 Å². The Morgan fingerprint density at radius 3 is 2.62 bits per heavy atom. The fraction of sp³-hybridized carbons (Fsp3) is 0.211. The summed E-state index contributed by atoms with van der Waals surface area (Å²) in [5.41, 5.74) is 4.18. The van der Waals surface area contributed by atoms with Gasteiger partial charge < -0.3 is 14.5 Å². The van der Waals surface area contributed by atoms with E-state index in [4.69, 9.17) is 9.15 Å². The first kappa shape index (κ1) is 18.0. The molecule has 0 fully saturated rings. The molecule has 0 aliphatic heterocycles. The standard InChI is InChI=1S/C19H18N2O4S/c1-12-7-13(2)9-14(8-12)20-17(22)10-24-18(23)11-26-19-21-15-5-3-4-6-16(15)25-19/h3-9H,10-11H2,1-2H3,(H,20,22). The number of amides is 1. The van der Waals surface area contributed by atoms with Gasteiger partial charge in [0.05, 0.1) is 0 Å². The van der Waals surface area contributed by atoms with Crippen LogP contribution >= 0.6 is 11.8 Å². The Hall–Kier alpha value is -2.80. The highest BCUT2D eigenvalue weighted by Crippen LogP contribution is 2.23. The maximum absolute atomic E-state index is 11.9. The van der Waals surface area contributed by atoms with Crippen molar-refractivity contribution in [2.75, 3.05) is 17.7 Å². The van der Waals surface area contributed by atoms with Gasteiger partial charge in [0.1, 0.15) is 11.3 Å². The minimum atomic E-state index is -0.507. The Bertz CT molecular complexity index is 898. The summed E-state index contributed by atoms with van der Waals surface area (Å²) in [5.74, 6) is -0.869. The molecule has 0 unspecified atom stereocenters. The molecule has 0 aliphatic rings. The van der Waals surface area contributed by atoms with Crippen molar-refractivity contribution in [3.05, 3.63) is 53.6 Å². The zero-order chi connectivity index (χ0) is 18.5. The third kappa shape index (κ3) is 4.86. The molecule has 1 aromatic heterocycles. The molecule has 7 heteroatoms. The maximum Gasteiger partial charge on any atom is 0.316 e.